The Labute approximate surface area is 143 Å². The summed E-state index contributed by atoms with van der Waals surface area (Å²) in [6.07, 6.45) is 3.20. The number of primary sulfonamides is 1. The molecule has 3 N–H and O–H groups in total. The predicted octanol–water partition coefficient (Wildman–Crippen LogP) is 2.58. The number of nitrogens with zero attached hydrogens (tertiary/aromatic N) is 3. The smallest absolute Gasteiger partial charge is 0.238 e. The topological polar surface area (TPSA) is 111 Å². The molecule has 0 bridgehead atoms. The molecule has 122 valence electrons. The van der Waals surface area contributed by atoms with Gasteiger partial charge in [-0.3, -0.25) is 0 Å². The minimum Gasteiger partial charge on any atom is -0.324 e. The molecule has 0 fully saturated rings. The van der Waals surface area contributed by atoms with Gasteiger partial charge in [0.05, 0.1) is 10.6 Å². The third-order valence-electron chi connectivity index (χ3n) is 3.12. The second-order valence-electron chi connectivity index (χ2n) is 4.83. The number of aromatic nitrogens is 3. The summed E-state index contributed by atoms with van der Waals surface area (Å²) in [5, 5.41) is 8.44. The van der Waals surface area contributed by atoms with E-state index in [1.165, 1.54) is 12.1 Å². The van der Waals surface area contributed by atoms with Crippen LogP contribution in [-0.4, -0.2) is 23.4 Å². The summed E-state index contributed by atoms with van der Waals surface area (Å²) in [7, 11) is -3.72. The van der Waals surface area contributed by atoms with Gasteiger partial charge in [0.2, 0.25) is 16.0 Å². The molecular weight excluding hydrogens is 350 g/mol. The van der Waals surface area contributed by atoms with Crippen LogP contribution in [0.25, 0.3) is 11.3 Å². The van der Waals surface area contributed by atoms with Gasteiger partial charge in [0.15, 0.2) is 0 Å². The summed E-state index contributed by atoms with van der Waals surface area (Å²) in [6.45, 7) is 0. The quantitative estimate of drug-likeness (QED) is 0.691. The molecule has 0 atom stereocenters. The Morgan fingerprint density at radius 2 is 1.71 bits per heavy atom. The lowest BCUT2D eigenvalue weighted by Crippen LogP contribution is -2.11. The first-order chi connectivity index (χ1) is 11.4. The van der Waals surface area contributed by atoms with Crippen molar-refractivity contribution in [2.45, 2.75) is 4.90 Å². The summed E-state index contributed by atoms with van der Waals surface area (Å²) in [5.74, 6) is 0.365. The van der Waals surface area contributed by atoms with Crippen molar-refractivity contribution >= 4 is 33.3 Å². The van der Waals surface area contributed by atoms with Gasteiger partial charge in [-0.05, 0) is 42.5 Å². The van der Waals surface area contributed by atoms with Crippen molar-refractivity contribution in [1.29, 1.82) is 0 Å². The van der Waals surface area contributed by atoms with Crippen molar-refractivity contribution in [3.63, 3.8) is 0 Å². The molecular formula is C15H12ClN5O2S. The number of pyridine rings is 1. The Balaban J connectivity index is 1.85. The van der Waals surface area contributed by atoms with E-state index < -0.39 is 10.0 Å². The molecule has 9 heteroatoms. The number of benzene rings is 1. The maximum Gasteiger partial charge on any atom is 0.238 e. The second kappa shape index (κ2) is 6.52. The zero-order valence-corrected chi connectivity index (χ0v) is 13.8. The van der Waals surface area contributed by atoms with Crippen LogP contribution >= 0.6 is 11.6 Å². The molecule has 0 saturated carbocycles. The molecule has 3 aromatic rings. The van der Waals surface area contributed by atoms with Gasteiger partial charge in [0.25, 0.3) is 0 Å². The fraction of sp³-hybridized carbons (Fsp3) is 0. The van der Waals surface area contributed by atoms with Crippen LogP contribution in [0.1, 0.15) is 0 Å². The number of nitrogens with two attached hydrogens (primary N) is 1. The van der Waals surface area contributed by atoms with Gasteiger partial charge in [-0.2, -0.15) is 0 Å². The van der Waals surface area contributed by atoms with Gasteiger partial charge in [0, 0.05) is 23.6 Å². The van der Waals surface area contributed by atoms with Crippen molar-refractivity contribution in [1.82, 2.24) is 15.0 Å². The number of halogens is 1. The molecule has 0 aliphatic carbocycles. The molecule has 7 nitrogen and oxygen atoms in total. The fourth-order valence-electron chi connectivity index (χ4n) is 2.00. The van der Waals surface area contributed by atoms with Crippen molar-refractivity contribution in [2.75, 3.05) is 5.32 Å². The normalized spacial score (nSPS) is 11.2. The molecule has 0 aliphatic heterocycles. The summed E-state index contributed by atoms with van der Waals surface area (Å²) in [5.41, 5.74) is 2.12. The average molecular weight is 362 g/mol. The summed E-state index contributed by atoms with van der Waals surface area (Å²) < 4.78 is 22.5. The maximum absolute atomic E-state index is 11.2. The van der Waals surface area contributed by atoms with Crippen LogP contribution in [0.5, 0.6) is 0 Å². The molecule has 0 saturated heterocycles. The summed E-state index contributed by atoms with van der Waals surface area (Å²) >= 11 is 5.89. The first-order valence-corrected chi connectivity index (χ1v) is 8.69. The third-order valence-corrected chi connectivity index (χ3v) is 4.25. The first-order valence-electron chi connectivity index (χ1n) is 6.77. The second-order valence-corrected chi connectivity index (χ2v) is 6.78. The van der Waals surface area contributed by atoms with E-state index in [1.54, 1.807) is 42.7 Å². The Kier molecular flexibility index (Phi) is 4.43. The predicted molar refractivity (Wildman–Crippen MR) is 91.4 cm³/mol. The number of nitrogens with one attached hydrogen (secondary N) is 1. The number of hydrogen-bond acceptors (Lipinski definition) is 6. The highest BCUT2D eigenvalue weighted by atomic mass is 35.5. The van der Waals surface area contributed by atoms with E-state index in [9.17, 15) is 8.42 Å². The maximum atomic E-state index is 11.2. The highest BCUT2D eigenvalue weighted by molar-refractivity contribution is 7.89. The monoisotopic (exact) mass is 361 g/mol. The van der Waals surface area contributed by atoms with Crippen LogP contribution in [0, 0.1) is 0 Å². The third kappa shape index (κ3) is 3.85. The summed E-state index contributed by atoms with van der Waals surface area (Å²) in [6, 6.07) is 11.2. The lowest BCUT2D eigenvalue weighted by atomic mass is 10.2. The van der Waals surface area contributed by atoms with Gasteiger partial charge >= 0.3 is 0 Å². The van der Waals surface area contributed by atoms with Crippen LogP contribution < -0.4 is 10.5 Å². The van der Waals surface area contributed by atoms with E-state index in [-0.39, 0.29) is 4.90 Å². The molecule has 0 unspecified atom stereocenters. The van der Waals surface area contributed by atoms with Crippen molar-refractivity contribution in [3.8, 4) is 11.3 Å². The van der Waals surface area contributed by atoms with Crippen molar-refractivity contribution in [3.05, 3.63) is 60.0 Å². The van der Waals surface area contributed by atoms with Crippen LogP contribution in [0.2, 0.25) is 5.15 Å². The van der Waals surface area contributed by atoms with Crippen LogP contribution in [0.4, 0.5) is 11.6 Å². The highest BCUT2D eigenvalue weighted by Crippen LogP contribution is 2.21. The molecule has 1 aromatic carbocycles. The molecule has 0 aliphatic rings. The molecule has 0 spiro atoms. The van der Waals surface area contributed by atoms with Crippen LogP contribution in [-0.2, 0) is 10.0 Å². The van der Waals surface area contributed by atoms with E-state index in [0.717, 1.165) is 5.56 Å². The Hall–Kier alpha value is -2.55. The molecule has 2 heterocycles. The number of rotatable bonds is 4. The Morgan fingerprint density at radius 3 is 2.38 bits per heavy atom. The summed E-state index contributed by atoms with van der Waals surface area (Å²) in [4.78, 5) is 12.5. The molecule has 0 amide bonds. The van der Waals surface area contributed by atoms with E-state index in [2.05, 4.69) is 20.3 Å². The average Bonchev–Trinajstić information content (AvgIpc) is 2.55. The molecule has 2 aromatic heterocycles. The number of hydrogen-bond donors (Lipinski definition) is 2. The van der Waals surface area contributed by atoms with E-state index in [4.69, 9.17) is 16.7 Å². The Morgan fingerprint density at radius 1 is 1.00 bits per heavy atom. The minimum atomic E-state index is -3.72. The first kappa shape index (κ1) is 16.3. The van der Waals surface area contributed by atoms with E-state index in [1.807, 2.05) is 0 Å². The van der Waals surface area contributed by atoms with E-state index in [0.29, 0.717) is 22.5 Å². The van der Waals surface area contributed by atoms with Gasteiger partial charge in [-0.25, -0.2) is 28.5 Å². The van der Waals surface area contributed by atoms with Gasteiger partial charge in [0.1, 0.15) is 5.15 Å². The number of sulfonamides is 1. The van der Waals surface area contributed by atoms with Crippen molar-refractivity contribution < 1.29 is 8.42 Å². The van der Waals surface area contributed by atoms with Crippen LogP contribution in [0.3, 0.4) is 0 Å². The van der Waals surface area contributed by atoms with Gasteiger partial charge in [-0.15, -0.1) is 0 Å². The lowest BCUT2D eigenvalue weighted by molar-refractivity contribution is 0.598. The number of anilines is 2. The molecule has 0 radical (unpaired) electrons. The largest absolute Gasteiger partial charge is 0.324 e. The fourth-order valence-corrected chi connectivity index (χ4v) is 2.69. The zero-order valence-electron chi connectivity index (χ0n) is 12.2. The SMILES string of the molecule is NS(=O)(=O)c1ccc(Nc2nccc(-c3ccnc(Cl)c3)n2)cc1. The van der Waals surface area contributed by atoms with E-state index >= 15 is 0 Å². The molecule has 3 rings (SSSR count). The van der Waals surface area contributed by atoms with Gasteiger partial charge in [-0.1, -0.05) is 11.6 Å². The molecule has 24 heavy (non-hydrogen) atoms. The lowest BCUT2D eigenvalue weighted by Gasteiger charge is -2.07. The van der Waals surface area contributed by atoms with Gasteiger partial charge < -0.3 is 5.32 Å². The minimum absolute atomic E-state index is 0.0362. The van der Waals surface area contributed by atoms with Crippen LogP contribution in [0.15, 0.2) is 59.8 Å². The highest BCUT2D eigenvalue weighted by Gasteiger charge is 2.08. The standard InChI is InChI=1S/C15H12ClN5O2S/c16-14-9-10(5-7-18-14)13-6-8-19-15(21-13)20-11-1-3-12(4-2-11)24(17,22)23/h1-9H,(H2,17,22,23)(H,19,20,21). The zero-order chi connectivity index (χ0) is 17.2. The Bertz CT molecular complexity index is 977. The van der Waals surface area contributed by atoms with Crippen molar-refractivity contribution in [2.24, 2.45) is 5.14 Å².